The Bertz CT molecular complexity index is 308. The molecule has 0 aromatic carbocycles. The Kier molecular flexibility index (Phi) is 3.45. The summed E-state index contributed by atoms with van der Waals surface area (Å²) in [6.07, 6.45) is 1.59. The van der Waals surface area contributed by atoms with E-state index in [1.54, 1.807) is 19.2 Å². The average Bonchev–Trinajstić information content (AvgIpc) is 2.16. The first-order valence-electron chi connectivity index (χ1n) is 4.38. The monoisotopic (exact) mass is 195 g/mol. The molecule has 14 heavy (non-hydrogen) atoms. The molecule has 1 aromatic rings. The van der Waals surface area contributed by atoms with Gasteiger partial charge in [-0.15, -0.1) is 0 Å². The second-order valence-electron chi connectivity index (χ2n) is 3.19. The number of aliphatic carboxylic acids is 1. The van der Waals surface area contributed by atoms with Crippen molar-refractivity contribution >= 4 is 5.97 Å². The quantitative estimate of drug-likeness (QED) is 0.790. The van der Waals surface area contributed by atoms with E-state index in [4.69, 9.17) is 9.84 Å². The van der Waals surface area contributed by atoms with Gasteiger partial charge in [-0.2, -0.15) is 0 Å². The maximum Gasteiger partial charge on any atom is 0.309 e. The third-order valence-electron chi connectivity index (χ3n) is 1.81. The van der Waals surface area contributed by atoms with Gasteiger partial charge in [-0.25, -0.2) is 0 Å². The highest BCUT2D eigenvalue weighted by atomic mass is 16.5. The molecule has 0 aliphatic heterocycles. The highest BCUT2D eigenvalue weighted by Gasteiger charge is 2.11. The molecule has 0 bridgehead atoms. The summed E-state index contributed by atoms with van der Waals surface area (Å²) in [5, 5.41) is 8.61. The Morgan fingerprint density at radius 2 is 2.36 bits per heavy atom. The van der Waals surface area contributed by atoms with Crippen molar-refractivity contribution in [3.8, 4) is 5.75 Å². The molecule has 4 nitrogen and oxygen atoms in total. The van der Waals surface area contributed by atoms with E-state index < -0.39 is 11.9 Å². The molecule has 0 fully saturated rings. The molecule has 0 aliphatic rings. The number of hydrogen-bond acceptors (Lipinski definition) is 3. The molecule has 1 N–H and O–H groups in total. The van der Waals surface area contributed by atoms with Crippen LogP contribution in [0.15, 0.2) is 18.3 Å². The fourth-order valence-electron chi connectivity index (χ4n) is 0.832. The third-order valence-corrected chi connectivity index (χ3v) is 1.81. The predicted molar refractivity (Wildman–Crippen MR) is 51.3 cm³/mol. The predicted octanol–water partition coefficient (Wildman–Crippen LogP) is 1.49. The van der Waals surface area contributed by atoms with Gasteiger partial charge in [-0.05, 0) is 26.0 Å². The fraction of sp³-hybridized carbons (Fsp3) is 0.400. The third kappa shape index (κ3) is 3.05. The minimum absolute atomic E-state index is 0.167. The van der Waals surface area contributed by atoms with E-state index in [9.17, 15) is 4.79 Å². The standard InChI is InChI=1S/C10H13NO3/c1-7(10(12)13)6-14-9-4-3-8(2)11-5-9/h3-5,7H,6H2,1-2H3,(H,12,13). The lowest BCUT2D eigenvalue weighted by atomic mass is 10.2. The van der Waals surface area contributed by atoms with Gasteiger partial charge in [0.2, 0.25) is 0 Å². The van der Waals surface area contributed by atoms with Crippen molar-refractivity contribution < 1.29 is 14.6 Å². The van der Waals surface area contributed by atoms with Crippen LogP contribution in [0.25, 0.3) is 0 Å². The van der Waals surface area contributed by atoms with Crippen LogP contribution >= 0.6 is 0 Å². The average molecular weight is 195 g/mol. The summed E-state index contributed by atoms with van der Waals surface area (Å²) >= 11 is 0. The van der Waals surface area contributed by atoms with Crippen LogP contribution in [0.1, 0.15) is 12.6 Å². The maximum absolute atomic E-state index is 10.5. The van der Waals surface area contributed by atoms with Gasteiger partial charge in [0.25, 0.3) is 0 Å². The number of carbonyl (C=O) groups is 1. The van der Waals surface area contributed by atoms with E-state index in [1.807, 2.05) is 13.0 Å². The van der Waals surface area contributed by atoms with E-state index in [0.29, 0.717) is 5.75 Å². The molecule has 4 heteroatoms. The number of aryl methyl sites for hydroxylation is 1. The smallest absolute Gasteiger partial charge is 0.309 e. The maximum atomic E-state index is 10.5. The second kappa shape index (κ2) is 4.60. The van der Waals surface area contributed by atoms with Gasteiger partial charge in [0.05, 0.1) is 12.1 Å². The minimum atomic E-state index is -0.856. The SMILES string of the molecule is Cc1ccc(OCC(C)C(=O)O)cn1. The molecule has 0 aliphatic carbocycles. The van der Waals surface area contributed by atoms with E-state index >= 15 is 0 Å². The first-order valence-corrected chi connectivity index (χ1v) is 4.38. The zero-order valence-electron chi connectivity index (χ0n) is 8.23. The lowest BCUT2D eigenvalue weighted by Gasteiger charge is -2.08. The lowest BCUT2D eigenvalue weighted by molar-refractivity contribution is -0.142. The number of pyridine rings is 1. The number of rotatable bonds is 4. The largest absolute Gasteiger partial charge is 0.491 e. The highest BCUT2D eigenvalue weighted by molar-refractivity contribution is 5.69. The van der Waals surface area contributed by atoms with Crippen molar-refractivity contribution in [3.63, 3.8) is 0 Å². The van der Waals surface area contributed by atoms with Crippen molar-refractivity contribution in [2.75, 3.05) is 6.61 Å². The van der Waals surface area contributed by atoms with Crippen LogP contribution < -0.4 is 4.74 Å². The Labute approximate surface area is 82.5 Å². The van der Waals surface area contributed by atoms with Gasteiger partial charge in [0.15, 0.2) is 0 Å². The second-order valence-corrected chi connectivity index (χ2v) is 3.19. The summed E-state index contributed by atoms with van der Waals surface area (Å²) in [6, 6.07) is 3.59. The first-order chi connectivity index (χ1) is 6.59. The summed E-state index contributed by atoms with van der Waals surface area (Å²) in [5.74, 6) is -0.759. The van der Waals surface area contributed by atoms with Gasteiger partial charge in [-0.3, -0.25) is 9.78 Å². The summed E-state index contributed by atoms with van der Waals surface area (Å²) in [7, 11) is 0. The van der Waals surface area contributed by atoms with E-state index in [2.05, 4.69) is 4.98 Å². The molecule has 76 valence electrons. The lowest BCUT2D eigenvalue weighted by Crippen LogP contribution is -2.17. The van der Waals surface area contributed by atoms with Crippen LogP contribution in [-0.4, -0.2) is 22.7 Å². The number of hydrogen-bond donors (Lipinski definition) is 1. The van der Waals surface area contributed by atoms with E-state index in [-0.39, 0.29) is 6.61 Å². The number of aromatic nitrogens is 1. The Morgan fingerprint density at radius 1 is 1.64 bits per heavy atom. The van der Waals surface area contributed by atoms with Crippen LogP contribution in [0.4, 0.5) is 0 Å². The summed E-state index contributed by atoms with van der Waals surface area (Å²) < 4.78 is 5.24. The van der Waals surface area contributed by atoms with Gasteiger partial charge >= 0.3 is 5.97 Å². The Hall–Kier alpha value is -1.58. The molecule has 1 unspecified atom stereocenters. The fourth-order valence-corrected chi connectivity index (χ4v) is 0.832. The molecular weight excluding hydrogens is 182 g/mol. The van der Waals surface area contributed by atoms with Crippen LogP contribution in [0.2, 0.25) is 0 Å². The topological polar surface area (TPSA) is 59.4 Å². The number of carboxylic acid groups (broad SMARTS) is 1. The zero-order chi connectivity index (χ0) is 10.6. The molecule has 0 saturated heterocycles. The number of carboxylic acids is 1. The van der Waals surface area contributed by atoms with E-state index in [1.165, 1.54) is 0 Å². The first kappa shape index (κ1) is 10.5. The summed E-state index contributed by atoms with van der Waals surface area (Å²) in [5.41, 5.74) is 0.906. The molecular formula is C10H13NO3. The normalized spacial score (nSPS) is 12.1. The summed E-state index contributed by atoms with van der Waals surface area (Å²) in [6.45, 7) is 3.65. The van der Waals surface area contributed by atoms with E-state index in [0.717, 1.165) is 5.69 Å². The highest BCUT2D eigenvalue weighted by Crippen LogP contribution is 2.09. The summed E-state index contributed by atoms with van der Waals surface area (Å²) in [4.78, 5) is 14.5. The minimum Gasteiger partial charge on any atom is -0.491 e. The van der Waals surface area contributed by atoms with Gasteiger partial charge in [-0.1, -0.05) is 0 Å². The van der Waals surface area contributed by atoms with Crippen molar-refractivity contribution in [3.05, 3.63) is 24.0 Å². The van der Waals surface area contributed by atoms with Crippen LogP contribution in [0, 0.1) is 12.8 Å². The molecule has 0 radical (unpaired) electrons. The molecule has 1 rings (SSSR count). The van der Waals surface area contributed by atoms with Crippen molar-refractivity contribution in [1.29, 1.82) is 0 Å². The van der Waals surface area contributed by atoms with Gasteiger partial charge in [0, 0.05) is 5.69 Å². The zero-order valence-corrected chi connectivity index (χ0v) is 8.23. The van der Waals surface area contributed by atoms with Crippen molar-refractivity contribution in [2.24, 2.45) is 5.92 Å². The number of nitrogens with zero attached hydrogens (tertiary/aromatic N) is 1. The van der Waals surface area contributed by atoms with Crippen molar-refractivity contribution in [2.45, 2.75) is 13.8 Å². The Morgan fingerprint density at radius 3 is 2.86 bits per heavy atom. The molecule has 1 aromatic heterocycles. The van der Waals surface area contributed by atoms with Gasteiger partial charge in [0.1, 0.15) is 12.4 Å². The van der Waals surface area contributed by atoms with Crippen LogP contribution in [-0.2, 0) is 4.79 Å². The molecule has 1 heterocycles. The van der Waals surface area contributed by atoms with Crippen molar-refractivity contribution in [1.82, 2.24) is 4.98 Å². The molecule has 0 spiro atoms. The Balaban J connectivity index is 2.46. The molecule has 0 amide bonds. The molecule has 0 saturated carbocycles. The van der Waals surface area contributed by atoms with Gasteiger partial charge < -0.3 is 9.84 Å². The molecule has 1 atom stereocenters. The van der Waals surface area contributed by atoms with Crippen LogP contribution in [0.3, 0.4) is 0 Å². The van der Waals surface area contributed by atoms with Crippen LogP contribution in [0.5, 0.6) is 5.75 Å². The number of ether oxygens (including phenoxy) is 1.